The zero-order valence-electron chi connectivity index (χ0n) is 7.81. The lowest BCUT2D eigenvalue weighted by molar-refractivity contribution is 0.316. The molecule has 1 saturated carbocycles. The molecule has 0 saturated heterocycles. The van der Waals surface area contributed by atoms with Gasteiger partial charge in [-0.3, -0.25) is 0 Å². The highest BCUT2D eigenvalue weighted by Gasteiger charge is 2.34. The molecule has 0 atom stereocenters. The lowest BCUT2D eigenvalue weighted by Gasteiger charge is -2.04. The molecule has 1 aliphatic rings. The smallest absolute Gasteiger partial charge is 0.214 e. The quantitative estimate of drug-likeness (QED) is 0.186. The van der Waals surface area contributed by atoms with E-state index in [0.717, 1.165) is 12.8 Å². The molecule has 0 aromatic carbocycles. The molecular weight excluding hydrogens is 206 g/mol. The lowest BCUT2D eigenvalue weighted by Crippen LogP contribution is -2.28. The van der Waals surface area contributed by atoms with Gasteiger partial charge in [-0.25, -0.2) is 13.1 Å². The Balaban J connectivity index is 2.15. The molecule has 0 radical (unpaired) electrons. The first-order valence-corrected chi connectivity index (χ1v) is 6.06. The number of oxime groups is 1. The molecule has 1 rings (SSSR count). The predicted octanol–water partition coefficient (Wildman–Crippen LogP) is -0.405. The maximum atomic E-state index is 11.3. The maximum absolute atomic E-state index is 11.3. The first-order chi connectivity index (χ1) is 6.56. The topological polar surface area (TPSA) is 105 Å². The van der Waals surface area contributed by atoms with E-state index in [-0.39, 0.29) is 11.1 Å². The molecule has 14 heavy (non-hydrogen) atoms. The van der Waals surface area contributed by atoms with E-state index < -0.39 is 10.0 Å². The monoisotopic (exact) mass is 221 g/mol. The van der Waals surface area contributed by atoms with Crippen LogP contribution < -0.4 is 10.5 Å². The molecule has 1 aliphatic carbocycles. The van der Waals surface area contributed by atoms with Gasteiger partial charge in [0.1, 0.15) is 5.84 Å². The summed E-state index contributed by atoms with van der Waals surface area (Å²) in [6.07, 6.45) is 2.46. The predicted molar refractivity (Wildman–Crippen MR) is 52.6 cm³/mol. The zero-order valence-corrected chi connectivity index (χ0v) is 8.63. The fourth-order valence-electron chi connectivity index (χ4n) is 1.03. The Morgan fingerprint density at radius 2 is 2.21 bits per heavy atom. The molecule has 0 aliphatic heterocycles. The number of hydrogen-bond acceptors (Lipinski definition) is 4. The Bertz CT molecular complexity index is 308. The van der Waals surface area contributed by atoms with Gasteiger partial charge in [-0.15, -0.1) is 0 Å². The van der Waals surface area contributed by atoms with E-state index in [1.54, 1.807) is 0 Å². The van der Waals surface area contributed by atoms with Crippen LogP contribution in [0.3, 0.4) is 0 Å². The second kappa shape index (κ2) is 4.61. The van der Waals surface area contributed by atoms with Gasteiger partial charge in [0.2, 0.25) is 10.0 Å². The Morgan fingerprint density at radius 1 is 1.57 bits per heavy atom. The van der Waals surface area contributed by atoms with Crippen LogP contribution in [0.2, 0.25) is 0 Å². The second-order valence-corrected chi connectivity index (χ2v) is 5.38. The highest BCUT2D eigenvalue weighted by molar-refractivity contribution is 7.90. The van der Waals surface area contributed by atoms with Crippen molar-refractivity contribution in [2.24, 2.45) is 10.9 Å². The summed E-state index contributed by atoms with van der Waals surface area (Å²) >= 11 is 0. The van der Waals surface area contributed by atoms with E-state index >= 15 is 0 Å². The van der Waals surface area contributed by atoms with Crippen molar-refractivity contribution in [3.8, 4) is 0 Å². The van der Waals surface area contributed by atoms with Crippen LogP contribution in [0.4, 0.5) is 0 Å². The number of hydrogen-bond donors (Lipinski definition) is 3. The van der Waals surface area contributed by atoms with Gasteiger partial charge in [-0.1, -0.05) is 5.16 Å². The standard InChI is InChI=1S/C7H15N3O3S/c8-7(10-11)2-1-5-9-14(12,13)6-3-4-6/h6,9,11H,1-5H2,(H2,8,10). The minimum Gasteiger partial charge on any atom is -0.409 e. The van der Waals surface area contributed by atoms with E-state index in [2.05, 4.69) is 9.88 Å². The summed E-state index contributed by atoms with van der Waals surface area (Å²) in [4.78, 5) is 0. The van der Waals surface area contributed by atoms with Gasteiger partial charge in [-0.2, -0.15) is 0 Å². The van der Waals surface area contributed by atoms with Crippen molar-refractivity contribution in [2.75, 3.05) is 6.54 Å². The largest absolute Gasteiger partial charge is 0.409 e. The summed E-state index contributed by atoms with van der Waals surface area (Å²) in [5, 5.41) is 10.8. The van der Waals surface area contributed by atoms with Crippen molar-refractivity contribution in [2.45, 2.75) is 30.9 Å². The summed E-state index contributed by atoms with van der Waals surface area (Å²) < 4.78 is 25.1. The van der Waals surface area contributed by atoms with Gasteiger partial charge in [0, 0.05) is 13.0 Å². The van der Waals surface area contributed by atoms with Gasteiger partial charge in [0.25, 0.3) is 0 Å². The van der Waals surface area contributed by atoms with Crippen LogP contribution in [-0.2, 0) is 10.0 Å². The number of sulfonamides is 1. The number of rotatable bonds is 6. The van der Waals surface area contributed by atoms with Crippen LogP contribution in [0.25, 0.3) is 0 Å². The van der Waals surface area contributed by atoms with Crippen LogP contribution in [0.5, 0.6) is 0 Å². The number of nitrogens with two attached hydrogens (primary N) is 1. The highest BCUT2D eigenvalue weighted by Crippen LogP contribution is 2.27. The van der Waals surface area contributed by atoms with E-state index in [1.165, 1.54) is 0 Å². The first-order valence-electron chi connectivity index (χ1n) is 4.51. The average Bonchev–Trinajstić information content (AvgIpc) is 2.95. The Labute approximate surface area is 83.2 Å². The molecular formula is C7H15N3O3S. The first kappa shape index (κ1) is 11.3. The lowest BCUT2D eigenvalue weighted by atomic mass is 10.3. The zero-order chi connectivity index (χ0) is 10.6. The summed E-state index contributed by atoms with van der Waals surface area (Å²) in [5.41, 5.74) is 5.22. The van der Waals surface area contributed by atoms with Crippen molar-refractivity contribution in [1.82, 2.24) is 4.72 Å². The van der Waals surface area contributed by atoms with Crippen molar-refractivity contribution < 1.29 is 13.6 Å². The Hall–Kier alpha value is -0.820. The van der Waals surface area contributed by atoms with Crippen molar-refractivity contribution in [3.63, 3.8) is 0 Å². The van der Waals surface area contributed by atoms with Crippen LogP contribution in [0, 0.1) is 0 Å². The van der Waals surface area contributed by atoms with E-state index in [1.807, 2.05) is 0 Å². The van der Waals surface area contributed by atoms with Crippen molar-refractivity contribution in [1.29, 1.82) is 0 Å². The molecule has 6 nitrogen and oxygen atoms in total. The van der Waals surface area contributed by atoms with Crippen LogP contribution in [-0.4, -0.2) is 31.3 Å². The van der Waals surface area contributed by atoms with Gasteiger partial charge < -0.3 is 10.9 Å². The average molecular weight is 221 g/mol. The van der Waals surface area contributed by atoms with Crippen LogP contribution >= 0.6 is 0 Å². The molecule has 7 heteroatoms. The molecule has 0 aromatic heterocycles. The molecule has 0 aromatic rings. The summed E-state index contributed by atoms with van der Waals surface area (Å²) in [7, 11) is -3.08. The third kappa shape index (κ3) is 3.51. The molecule has 0 bridgehead atoms. The Morgan fingerprint density at radius 3 is 2.71 bits per heavy atom. The molecule has 0 amide bonds. The van der Waals surface area contributed by atoms with E-state index in [0.29, 0.717) is 19.4 Å². The number of nitrogens with one attached hydrogen (secondary N) is 1. The number of amidine groups is 1. The Kier molecular flexibility index (Phi) is 3.70. The van der Waals surface area contributed by atoms with Crippen molar-refractivity contribution >= 4 is 15.9 Å². The highest BCUT2D eigenvalue weighted by atomic mass is 32.2. The molecule has 0 spiro atoms. The van der Waals surface area contributed by atoms with Crippen molar-refractivity contribution in [3.05, 3.63) is 0 Å². The third-order valence-corrected chi connectivity index (χ3v) is 3.96. The summed E-state index contributed by atoms with van der Waals surface area (Å²) in [6.45, 7) is 0.342. The molecule has 82 valence electrons. The SMILES string of the molecule is NC(CCCNS(=O)(=O)C1CC1)=NO. The molecule has 0 heterocycles. The minimum atomic E-state index is -3.08. The fraction of sp³-hybridized carbons (Fsp3) is 0.857. The van der Waals surface area contributed by atoms with Crippen LogP contribution in [0.1, 0.15) is 25.7 Å². The van der Waals surface area contributed by atoms with Gasteiger partial charge in [0.05, 0.1) is 5.25 Å². The normalized spacial score (nSPS) is 18.4. The van der Waals surface area contributed by atoms with E-state index in [4.69, 9.17) is 10.9 Å². The van der Waals surface area contributed by atoms with E-state index in [9.17, 15) is 8.42 Å². The van der Waals surface area contributed by atoms with Gasteiger partial charge >= 0.3 is 0 Å². The maximum Gasteiger partial charge on any atom is 0.214 e. The van der Waals surface area contributed by atoms with Gasteiger partial charge in [0.15, 0.2) is 0 Å². The summed E-state index contributed by atoms with van der Waals surface area (Å²) in [6, 6.07) is 0. The summed E-state index contributed by atoms with van der Waals surface area (Å²) in [5.74, 6) is 0.121. The fourth-order valence-corrected chi connectivity index (χ4v) is 2.45. The minimum absolute atomic E-state index is 0.121. The molecule has 0 unspecified atom stereocenters. The van der Waals surface area contributed by atoms with Gasteiger partial charge in [-0.05, 0) is 19.3 Å². The molecule has 4 N–H and O–H groups in total. The second-order valence-electron chi connectivity index (χ2n) is 3.33. The molecule has 1 fully saturated rings. The third-order valence-electron chi connectivity index (χ3n) is 2.00. The number of nitrogens with zero attached hydrogens (tertiary/aromatic N) is 1. The van der Waals surface area contributed by atoms with Crippen LogP contribution in [0.15, 0.2) is 5.16 Å².